The zero-order valence-electron chi connectivity index (χ0n) is 23.2. The highest BCUT2D eigenvalue weighted by atomic mass is 16.5. The molecule has 2 atom stereocenters. The first-order chi connectivity index (χ1) is 18.2. The number of methoxy groups -OCH3 is 1. The number of anilines is 1. The van der Waals surface area contributed by atoms with Crippen molar-refractivity contribution in [1.82, 2.24) is 29.5 Å². The van der Waals surface area contributed by atoms with Crippen molar-refractivity contribution in [1.29, 1.82) is 0 Å². The fraction of sp³-hybridized carbons (Fsp3) is 0.448. The van der Waals surface area contributed by atoms with Crippen LogP contribution in [0.25, 0.3) is 5.57 Å². The first-order valence-corrected chi connectivity index (χ1v) is 13.2. The van der Waals surface area contributed by atoms with E-state index in [2.05, 4.69) is 51.3 Å². The summed E-state index contributed by atoms with van der Waals surface area (Å²) in [5, 5.41) is 7.57. The summed E-state index contributed by atoms with van der Waals surface area (Å²) in [5.41, 5.74) is 7.06. The average molecular weight is 516 g/mol. The topological polar surface area (TPSA) is 88.4 Å². The predicted molar refractivity (Wildman–Crippen MR) is 148 cm³/mol. The maximum atomic E-state index is 13.3. The summed E-state index contributed by atoms with van der Waals surface area (Å²) >= 11 is 0. The van der Waals surface area contributed by atoms with E-state index < -0.39 is 0 Å². The van der Waals surface area contributed by atoms with Crippen molar-refractivity contribution in [3.63, 3.8) is 0 Å². The molecule has 1 amide bonds. The third-order valence-electron chi connectivity index (χ3n) is 7.84. The van der Waals surface area contributed by atoms with Crippen LogP contribution in [-0.4, -0.2) is 81.3 Å². The SMILES string of the molecule is COc1nn(C)cc1Cc1ncc(C)c(C2=CCc3c(NC(=O)[C@@H](C)N4CCN(C)[C@@H](C)C4)cccc32)n1. The molecule has 1 aromatic carbocycles. The quantitative estimate of drug-likeness (QED) is 0.517. The molecule has 1 fully saturated rings. The van der Waals surface area contributed by atoms with Gasteiger partial charge < -0.3 is 15.0 Å². The molecule has 9 nitrogen and oxygen atoms in total. The van der Waals surface area contributed by atoms with Gasteiger partial charge in [0.15, 0.2) is 0 Å². The van der Waals surface area contributed by atoms with Crippen molar-refractivity contribution in [3.05, 3.63) is 70.4 Å². The second-order valence-electron chi connectivity index (χ2n) is 10.5. The largest absolute Gasteiger partial charge is 0.480 e. The molecule has 200 valence electrons. The molecule has 0 spiro atoms. The van der Waals surface area contributed by atoms with Gasteiger partial charge in [-0.25, -0.2) is 9.97 Å². The van der Waals surface area contributed by atoms with Gasteiger partial charge in [-0.3, -0.25) is 14.4 Å². The van der Waals surface area contributed by atoms with Gasteiger partial charge in [-0.05, 0) is 57.0 Å². The van der Waals surface area contributed by atoms with E-state index >= 15 is 0 Å². The Kier molecular flexibility index (Phi) is 7.32. The molecule has 2 aromatic heterocycles. The minimum atomic E-state index is -0.188. The molecule has 1 aliphatic carbocycles. The summed E-state index contributed by atoms with van der Waals surface area (Å²) in [5.74, 6) is 1.34. The van der Waals surface area contributed by atoms with Crippen LogP contribution in [0.4, 0.5) is 5.69 Å². The Hall–Kier alpha value is -3.56. The normalized spacial score (nSPS) is 18.7. The van der Waals surface area contributed by atoms with Crippen LogP contribution in [0.3, 0.4) is 0 Å². The van der Waals surface area contributed by atoms with Gasteiger partial charge in [-0.15, -0.1) is 5.10 Å². The Morgan fingerprint density at radius 3 is 2.84 bits per heavy atom. The zero-order chi connectivity index (χ0) is 27.0. The maximum Gasteiger partial charge on any atom is 0.241 e. The van der Waals surface area contributed by atoms with E-state index in [-0.39, 0.29) is 11.9 Å². The van der Waals surface area contributed by atoms with Crippen molar-refractivity contribution in [2.75, 3.05) is 39.1 Å². The summed E-state index contributed by atoms with van der Waals surface area (Å²) < 4.78 is 7.15. The number of aryl methyl sites for hydroxylation is 2. The minimum absolute atomic E-state index is 0.0366. The molecule has 1 N–H and O–H groups in total. The van der Waals surface area contributed by atoms with Crippen molar-refractivity contribution in [3.8, 4) is 5.88 Å². The average Bonchev–Trinajstić information content (AvgIpc) is 3.49. The molecule has 2 aliphatic rings. The molecule has 3 aromatic rings. The summed E-state index contributed by atoms with van der Waals surface area (Å²) in [6, 6.07) is 6.37. The first kappa shape index (κ1) is 26.1. The third kappa shape index (κ3) is 5.08. The number of hydrogen-bond donors (Lipinski definition) is 1. The van der Waals surface area contributed by atoms with E-state index in [4.69, 9.17) is 9.72 Å². The van der Waals surface area contributed by atoms with Crippen molar-refractivity contribution in [2.45, 2.75) is 45.7 Å². The Morgan fingerprint density at radius 2 is 2.08 bits per heavy atom. The van der Waals surface area contributed by atoms with Gasteiger partial charge in [0.05, 0.1) is 18.8 Å². The number of ether oxygens (including phenoxy) is 1. The monoisotopic (exact) mass is 515 g/mol. The van der Waals surface area contributed by atoms with E-state index in [1.54, 1.807) is 11.8 Å². The number of likely N-dealkylation sites (N-methyl/N-ethyl adjacent to an activating group) is 1. The third-order valence-corrected chi connectivity index (χ3v) is 7.84. The molecule has 0 bridgehead atoms. The van der Waals surface area contributed by atoms with Crippen LogP contribution in [0, 0.1) is 6.92 Å². The van der Waals surface area contributed by atoms with Crippen molar-refractivity contribution < 1.29 is 9.53 Å². The van der Waals surface area contributed by atoms with Gasteiger partial charge in [0.25, 0.3) is 0 Å². The van der Waals surface area contributed by atoms with Gasteiger partial charge in [-0.2, -0.15) is 0 Å². The van der Waals surface area contributed by atoms with Crippen LogP contribution in [0.15, 0.2) is 36.7 Å². The highest BCUT2D eigenvalue weighted by Crippen LogP contribution is 2.37. The van der Waals surface area contributed by atoms with Gasteiger partial charge in [-0.1, -0.05) is 18.2 Å². The highest BCUT2D eigenvalue weighted by Gasteiger charge is 2.29. The number of fused-ring (bicyclic) bond motifs is 1. The van der Waals surface area contributed by atoms with Crippen LogP contribution in [0.5, 0.6) is 5.88 Å². The summed E-state index contributed by atoms with van der Waals surface area (Å²) in [6.07, 6.45) is 7.30. The van der Waals surface area contributed by atoms with Gasteiger partial charge in [0.2, 0.25) is 11.8 Å². The molecular weight excluding hydrogens is 478 g/mol. The number of hydrogen-bond acceptors (Lipinski definition) is 7. The Morgan fingerprint density at radius 1 is 1.26 bits per heavy atom. The van der Waals surface area contributed by atoms with Crippen molar-refractivity contribution >= 4 is 17.2 Å². The van der Waals surface area contributed by atoms with Gasteiger partial charge in [0.1, 0.15) is 5.82 Å². The number of allylic oxidation sites excluding steroid dienone is 1. The summed E-state index contributed by atoms with van der Waals surface area (Å²) in [4.78, 5) is 27.4. The van der Waals surface area contributed by atoms with Gasteiger partial charge >= 0.3 is 0 Å². The fourth-order valence-corrected chi connectivity index (χ4v) is 5.36. The molecule has 1 aliphatic heterocycles. The highest BCUT2D eigenvalue weighted by molar-refractivity contribution is 5.97. The lowest BCUT2D eigenvalue weighted by Crippen LogP contribution is -2.55. The van der Waals surface area contributed by atoms with Crippen LogP contribution in [0.2, 0.25) is 0 Å². The fourth-order valence-electron chi connectivity index (χ4n) is 5.36. The first-order valence-electron chi connectivity index (χ1n) is 13.2. The standard InChI is InChI=1S/C29H37N7O2/c1-18-15-30-26(14-21-17-35(5)33-29(21)38-6)32-27(18)24-11-10-23-22(24)8-7-9-25(23)31-28(37)20(3)36-13-12-34(4)19(2)16-36/h7-9,11,15,17,19-20H,10,12-14,16H2,1-6H3,(H,31,37)/t19-,20+/m0/s1. The molecule has 38 heavy (non-hydrogen) atoms. The molecule has 9 heteroatoms. The Bertz CT molecular complexity index is 1380. The van der Waals surface area contributed by atoms with E-state index in [1.165, 1.54) is 0 Å². The van der Waals surface area contributed by atoms with Crippen LogP contribution < -0.4 is 10.1 Å². The van der Waals surface area contributed by atoms with E-state index in [9.17, 15) is 4.79 Å². The molecule has 0 radical (unpaired) electrons. The Balaban J connectivity index is 1.35. The van der Waals surface area contributed by atoms with Gasteiger partial charge in [0, 0.05) is 68.4 Å². The summed E-state index contributed by atoms with van der Waals surface area (Å²) in [6.45, 7) is 9.01. The number of amides is 1. The lowest BCUT2D eigenvalue weighted by Gasteiger charge is -2.40. The van der Waals surface area contributed by atoms with Crippen LogP contribution in [0.1, 0.15) is 47.6 Å². The lowest BCUT2D eigenvalue weighted by molar-refractivity contribution is -0.121. The van der Waals surface area contributed by atoms with Crippen LogP contribution >= 0.6 is 0 Å². The number of nitrogens with zero attached hydrogens (tertiary/aromatic N) is 6. The number of carbonyl (C=O) groups excluding carboxylic acids is 1. The second-order valence-corrected chi connectivity index (χ2v) is 10.5. The van der Waals surface area contributed by atoms with Crippen molar-refractivity contribution in [2.24, 2.45) is 7.05 Å². The zero-order valence-corrected chi connectivity index (χ0v) is 23.2. The predicted octanol–water partition coefficient (Wildman–Crippen LogP) is 3.07. The number of aromatic nitrogens is 4. The molecule has 0 unspecified atom stereocenters. The number of carbonyl (C=O) groups is 1. The van der Waals surface area contributed by atoms with E-state index in [0.717, 1.165) is 65.3 Å². The molecule has 5 rings (SSSR count). The minimum Gasteiger partial charge on any atom is -0.480 e. The second kappa shape index (κ2) is 10.7. The maximum absolute atomic E-state index is 13.3. The molecule has 3 heterocycles. The van der Waals surface area contributed by atoms with Crippen LogP contribution in [-0.2, 0) is 24.7 Å². The van der Waals surface area contributed by atoms with E-state index in [0.29, 0.717) is 24.2 Å². The van der Waals surface area contributed by atoms with E-state index in [1.807, 2.05) is 45.4 Å². The lowest BCUT2D eigenvalue weighted by atomic mass is 9.99. The number of benzene rings is 1. The summed E-state index contributed by atoms with van der Waals surface area (Å²) in [7, 11) is 5.63. The molecule has 0 saturated carbocycles. The Labute approximate surface area is 224 Å². The number of nitrogens with one attached hydrogen (secondary N) is 1. The number of piperazine rings is 1. The smallest absolute Gasteiger partial charge is 0.241 e. The molecular formula is C29H37N7O2. The number of rotatable bonds is 7. The molecule has 1 saturated heterocycles.